The van der Waals surface area contributed by atoms with E-state index in [9.17, 15) is 4.79 Å². The normalized spacial score (nSPS) is 10.2. The van der Waals surface area contributed by atoms with Crippen LogP contribution in [0.1, 0.15) is 30.8 Å². The predicted octanol–water partition coefficient (Wildman–Crippen LogP) is 0.401. The van der Waals surface area contributed by atoms with Gasteiger partial charge in [0, 0.05) is 26.2 Å². The molecule has 18 heavy (non-hydrogen) atoms. The summed E-state index contributed by atoms with van der Waals surface area (Å²) in [7, 11) is 0. The number of hydrogen-bond donors (Lipinski definition) is 2. The first-order chi connectivity index (χ1) is 8.72. The van der Waals surface area contributed by atoms with Crippen molar-refractivity contribution >= 4 is 11.7 Å². The first-order valence-corrected chi connectivity index (χ1v) is 6.29. The van der Waals surface area contributed by atoms with Gasteiger partial charge in [0.1, 0.15) is 0 Å². The highest BCUT2D eigenvalue weighted by molar-refractivity contribution is 5.92. The fourth-order valence-corrected chi connectivity index (χ4v) is 1.63. The van der Waals surface area contributed by atoms with Gasteiger partial charge in [0.2, 0.25) is 0 Å². The highest BCUT2D eigenvalue weighted by Crippen LogP contribution is 2.09. The topological polar surface area (TPSA) is 84.1 Å². The minimum atomic E-state index is -0.197. The van der Waals surface area contributed by atoms with Gasteiger partial charge in [-0.05, 0) is 25.5 Å². The number of nitrogens with zero attached hydrogens (tertiary/aromatic N) is 3. The molecule has 0 bridgehead atoms. The van der Waals surface area contributed by atoms with Crippen LogP contribution in [0.5, 0.6) is 0 Å². The summed E-state index contributed by atoms with van der Waals surface area (Å²) in [6.07, 6.45) is 1.01. The molecule has 1 aromatic heterocycles. The van der Waals surface area contributed by atoms with Crippen molar-refractivity contribution in [3.8, 4) is 0 Å². The second-order valence-corrected chi connectivity index (χ2v) is 3.91. The zero-order valence-corrected chi connectivity index (χ0v) is 11.0. The first-order valence-electron chi connectivity index (χ1n) is 6.29. The highest BCUT2D eigenvalue weighted by atomic mass is 16.1. The smallest absolute Gasteiger partial charge is 0.271 e. The lowest BCUT2D eigenvalue weighted by atomic mass is 10.3. The van der Waals surface area contributed by atoms with Gasteiger partial charge in [-0.2, -0.15) is 0 Å². The molecule has 6 heteroatoms. The van der Waals surface area contributed by atoms with Crippen molar-refractivity contribution in [2.75, 3.05) is 31.1 Å². The molecule has 0 fully saturated rings. The van der Waals surface area contributed by atoms with Crippen molar-refractivity contribution in [1.82, 2.24) is 15.5 Å². The van der Waals surface area contributed by atoms with Crippen molar-refractivity contribution in [2.45, 2.75) is 20.3 Å². The fraction of sp³-hybridized carbons (Fsp3) is 0.583. The lowest BCUT2D eigenvalue weighted by Crippen LogP contribution is -2.31. The molecule has 0 aliphatic carbocycles. The van der Waals surface area contributed by atoms with E-state index in [4.69, 9.17) is 5.73 Å². The number of aromatic nitrogens is 2. The summed E-state index contributed by atoms with van der Waals surface area (Å²) < 4.78 is 0. The highest BCUT2D eigenvalue weighted by Gasteiger charge is 2.10. The van der Waals surface area contributed by atoms with E-state index in [1.807, 2.05) is 13.0 Å². The van der Waals surface area contributed by atoms with Crippen LogP contribution in [0.15, 0.2) is 12.1 Å². The SMILES string of the molecule is CCCN(CCN)c1ccc(C(=O)NCC)nn1. The molecule has 1 aromatic rings. The standard InChI is InChI=1S/C12H21N5O/c1-3-8-17(9-7-13)11-6-5-10(15-16-11)12(18)14-4-2/h5-6H,3-4,7-9,13H2,1-2H3,(H,14,18). The Labute approximate surface area is 108 Å². The van der Waals surface area contributed by atoms with Crippen molar-refractivity contribution in [3.05, 3.63) is 17.8 Å². The van der Waals surface area contributed by atoms with E-state index in [0.29, 0.717) is 18.8 Å². The van der Waals surface area contributed by atoms with Gasteiger partial charge in [0.15, 0.2) is 11.5 Å². The summed E-state index contributed by atoms with van der Waals surface area (Å²) in [6.45, 7) is 6.73. The molecule has 0 aromatic carbocycles. The molecule has 100 valence electrons. The second kappa shape index (κ2) is 7.60. The van der Waals surface area contributed by atoms with Gasteiger partial charge in [-0.3, -0.25) is 4.79 Å². The largest absolute Gasteiger partial charge is 0.354 e. The number of carbonyl (C=O) groups excluding carboxylic acids is 1. The van der Waals surface area contributed by atoms with E-state index in [2.05, 4.69) is 27.3 Å². The molecule has 0 atom stereocenters. The molecule has 1 amide bonds. The zero-order chi connectivity index (χ0) is 13.4. The Bertz CT molecular complexity index is 359. The molecule has 6 nitrogen and oxygen atoms in total. The van der Waals surface area contributed by atoms with E-state index in [1.54, 1.807) is 6.07 Å². The minimum Gasteiger partial charge on any atom is -0.354 e. The molecule has 0 aliphatic rings. The molecular weight excluding hydrogens is 230 g/mol. The maximum atomic E-state index is 11.5. The maximum Gasteiger partial charge on any atom is 0.271 e. The summed E-state index contributed by atoms with van der Waals surface area (Å²) in [4.78, 5) is 13.6. The van der Waals surface area contributed by atoms with Crippen LogP contribution < -0.4 is 16.0 Å². The number of rotatable bonds is 7. The third-order valence-electron chi connectivity index (χ3n) is 2.44. The molecule has 0 saturated heterocycles. The predicted molar refractivity (Wildman–Crippen MR) is 71.6 cm³/mol. The fourth-order valence-electron chi connectivity index (χ4n) is 1.63. The van der Waals surface area contributed by atoms with E-state index in [1.165, 1.54) is 0 Å². The Kier molecular flexibility index (Phi) is 6.07. The summed E-state index contributed by atoms with van der Waals surface area (Å²) in [5.74, 6) is 0.563. The number of hydrogen-bond acceptors (Lipinski definition) is 5. The lowest BCUT2D eigenvalue weighted by molar-refractivity contribution is 0.0950. The van der Waals surface area contributed by atoms with Crippen molar-refractivity contribution in [1.29, 1.82) is 0 Å². The first kappa shape index (κ1) is 14.4. The van der Waals surface area contributed by atoms with E-state index >= 15 is 0 Å². The summed E-state index contributed by atoms with van der Waals surface area (Å²) >= 11 is 0. The van der Waals surface area contributed by atoms with Crippen LogP contribution in [-0.4, -0.2) is 42.3 Å². The molecule has 0 unspecified atom stereocenters. The van der Waals surface area contributed by atoms with Crippen LogP contribution >= 0.6 is 0 Å². The van der Waals surface area contributed by atoms with Gasteiger partial charge in [-0.15, -0.1) is 10.2 Å². The van der Waals surface area contributed by atoms with E-state index in [-0.39, 0.29) is 5.91 Å². The van der Waals surface area contributed by atoms with Crippen molar-refractivity contribution in [3.63, 3.8) is 0 Å². The Morgan fingerprint density at radius 2 is 2.11 bits per heavy atom. The molecule has 0 spiro atoms. The van der Waals surface area contributed by atoms with Gasteiger partial charge in [0.25, 0.3) is 5.91 Å². The number of carbonyl (C=O) groups is 1. The Hall–Kier alpha value is -1.69. The molecule has 1 heterocycles. The molecule has 1 rings (SSSR count). The monoisotopic (exact) mass is 251 g/mol. The molecule has 0 saturated carbocycles. The van der Waals surface area contributed by atoms with Crippen LogP contribution in [-0.2, 0) is 0 Å². The van der Waals surface area contributed by atoms with Gasteiger partial charge in [-0.1, -0.05) is 6.92 Å². The third kappa shape index (κ3) is 3.96. The van der Waals surface area contributed by atoms with E-state index in [0.717, 1.165) is 25.3 Å². The summed E-state index contributed by atoms with van der Waals surface area (Å²) in [5.41, 5.74) is 5.90. The molecule has 3 N–H and O–H groups in total. The van der Waals surface area contributed by atoms with Crippen molar-refractivity contribution in [2.24, 2.45) is 5.73 Å². The van der Waals surface area contributed by atoms with Gasteiger partial charge < -0.3 is 16.0 Å². The maximum absolute atomic E-state index is 11.5. The molecule has 0 aliphatic heterocycles. The zero-order valence-electron chi connectivity index (χ0n) is 11.0. The summed E-state index contributed by atoms with van der Waals surface area (Å²) in [6, 6.07) is 3.50. The Balaban J connectivity index is 2.76. The van der Waals surface area contributed by atoms with Crippen LogP contribution in [0, 0.1) is 0 Å². The lowest BCUT2D eigenvalue weighted by Gasteiger charge is -2.21. The second-order valence-electron chi connectivity index (χ2n) is 3.91. The van der Waals surface area contributed by atoms with Gasteiger partial charge >= 0.3 is 0 Å². The minimum absolute atomic E-state index is 0.197. The van der Waals surface area contributed by atoms with Gasteiger partial charge in [-0.25, -0.2) is 0 Å². The number of anilines is 1. The van der Waals surface area contributed by atoms with Crippen LogP contribution in [0.2, 0.25) is 0 Å². The van der Waals surface area contributed by atoms with Crippen LogP contribution in [0.3, 0.4) is 0 Å². The van der Waals surface area contributed by atoms with Gasteiger partial charge in [0.05, 0.1) is 0 Å². The average molecular weight is 251 g/mol. The quantitative estimate of drug-likeness (QED) is 0.733. The Morgan fingerprint density at radius 3 is 2.61 bits per heavy atom. The number of amides is 1. The summed E-state index contributed by atoms with van der Waals surface area (Å²) in [5, 5.41) is 10.7. The molecule has 0 radical (unpaired) electrons. The average Bonchev–Trinajstić information content (AvgIpc) is 2.39. The van der Waals surface area contributed by atoms with Crippen molar-refractivity contribution < 1.29 is 4.79 Å². The van der Waals surface area contributed by atoms with Crippen LogP contribution in [0.25, 0.3) is 0 Å². The molecular formula is C12H21N5O. The Morgan fingerprint density at radius 1 is 1.33 bits per heavy atom. The third-order valence-corrected chi connectivity index (χ3v) is 2.44. The van der Waals surface area contributed by atoms with E-state index < -0.39 is 0 Å². The van der Waals surface area contributed by atoms with Crippen LogP contribution in [0.4, 0.5) is 5.82 Å². The number of nitrogens with two attached hydrogens (primary N) is 1. The number of nitrogens with one attached hydrogen (secondary N) is 1.